The molecule has 0 heterocycles. The average Bonchev–Trinajstić information content (AvgIpc) is 2.30. The van der Waals surface area contributed by atoms with Crippen molar-refractivity contribution in [3.63, 3.8) is 0 Å². The van der Waals surface area contributed by atoms with E-state index in [1.165, 1.54) is 6.07 Å². The van der Waals surface area contributed by atoms with Crippen LogP contribution >= 0.6 is 0 Å². The Labute approximate surface area is 114 Å². The number of anilines is 2. The first-order valence-corrected chi connectivity index (χ1v) is 7.96. The molecule has 108 valence electrons. The second-order valence-electron chi connectivity index (χ2n) is 4.04. The van der Waals surface area contributed by atoms with Crippen LogP contribution in [0.15, 0.2) is 34.1 Å². The highest BCUT2D eigenvalue weighted by Crippen LogP contribution is 2.34. The highest BCUT2D eigenvalue weighted by atomic mass is 32.2. The third kappa shape index (κ3) is 2.41. The van der Waals surface area contributed by atoms with Gasteiger partial charge in [-0.1, -0.05) is 6.07 Å². The number of benzene rings is 2. The highest BCUT2D eigenvalue weighted by molar-refractivity contribution is 7.86. The molecule has 0 saturated carbocycles. The molecule has 0 unspecified atom stereocenters. The molecule has 2 rings (SSSR count). The Morgan fingerprint density at radius 3 is 1.95 bits per heavy atom. The Morgan fingerprint density at radius 2 is 1.45 bits per heavy atom. The van der Waals surface area contributed by atoms with Gasteiger partial charge < -0.3 is 11.5 Å². The molecule has 0 aliphatic rings. The van der Waals surface area contributed by atoms with Crippen molar-refractivity contribution in [2.75, 3.05) is 11.5 Å². The predicted molar refractivity (Wildman–Crippen MR) is 72.4 cm³/mol. The van der Waals surface area contributed by atoms with Gasteiger partial charge in [0.05, 0.1) is 10.6 Å². The van der Waals surface area contributed by atoms with Crippen molar-refractivity contribution in [1.82, 2.24) is 0 Å². The molecule has 6 N–H and O–H groups in total. The molecule has 0 fully saturated rings. The molecule has 20 heavy (non-hydrogen) atoms. The first-order valence-electron chi connectivity index (χ1n) is 5.08. The lowest BCUT2D eigenvalue weighted by atomic mass is 10.1. The Hall–Kier alpha value is -1.88. The number of hydrogen-bond donors (Lipinski definition) is 4. The molecule has 0 amide bonds. The molecule has 2 aromatic carbocycles. The van der Waals surface area contributed by atoms with Gasteiger partial charge >= 0.3 is 0 Å². The summed E-state index contributed by atoms with van der Waals surface area (Å²) in [6.45, 7) is 0. The van der Waals surface area contributed by atoms with E-state index in [4.69, 9.17) is 20.6 Å². The molecule has 0 saturated heterocycles. The van der Waals surface area contributed by atoms with Gasteiger partial charge in [-0.3, -0.25) is 9.11 Å². The summed E-state index contributed by atoms with van der Waals surface area (Å²) in [4.78, 5) is -1.10. The van der Waals surface area contributed by atoms with E-state index >= 15 is 0 Å². The van der Waals surface area contributed by atoms with Crippen molar-refractivity contribution in [3.8, 4) is 0 Å². The lowest BCUT2D eigenvalue weighted by Gasteiger charge is -2.10. The predicted octanol–water partition coefficient (Wildman–Crippen LogP) is 0.498. The summed E-state index contributed by atoms with van der Waals surface area (Å²) in [5.41, 5.74) is 10.9. The molecule has 0 aromatic heterocycles. The lowest BCUT2D eigenvalue weighted by molar-refractivity contribution is 0.481. The van der Waals surface area contributed by atoms with Crippen LogP contribution in [0.1, 0.15) is 0 Å². The number of hydrogen-bond acceptors (Lipinski definition) is 6. The van der Waals surface area contributed by atoms with Gasteiger partial charge in [-0.05, 0) is 18.2 Å². The number of nitrogen functional groups attached to an aromatic ring is 2. The Morgan fingerprint density at radius 1 is 0.850 bits per heavy atom. The maximum atomic E-state index is 11.2. The second-order valence-corrected chi connectivity index (χ2v) is 6.85. The molecular weight excluding hydrogens is 308 g/mol. The van der Waals surface area contributed by atoms with Crippen molar-refractivity contribution in [3.05, 3.63) is 24.3 Å². The molecular formula is C10H10N2O6S2. The summed E-state index contributed by atoms with van der Waals surface area (Å²) in [5, 5.41) is 0.287. The zero-order chi connectivity index (χ0) is 15.3. The van der Waals surface area contributed by atoms with E-state index in [2.05, 4.69) is 0 Å². The minimum atomic E-state index is -4.61. The van der Waals surface area contributed by atoms with E-state index in [0.29, 0.717) is 5.39 Å². The summed E-state index contributed by atoms with van der Waals surface area (Å²) < 4.78 is 62.5. The largest absolute Gasteiger partial charge is 0.398 e. The summed E-state index contributed by atoms with van der Waals surface area (Å²) in [6.07, 6.45) is 0. The minimum Gasteiger partial charge on any atom is -0.398 e. The van der Waals surface area contributed by atoms with Crippen molar-refractivity contribution < 1.29 is 25.9 Å². The van der Waals surface area contributed by atoms with Gasteiger partial charge in [0.25, 0.3) is 20.2 Å². The van der Waals surface area contributed by atoms with E-state index in [9.17, 15) is 16.8 Å². The SMILES string of the molecule is Nc1cc(S(=O)(=O)O)c(N)c2cc(S(=O)(=O)O)ccc12. The van der Waals surface area contributed by atoms with E-state index < -0.39 is 30.0 Å². The quantitative estimate of drug-likeness (QED) is 0.459. The Kier molecular flexibility index (Phi) is 3.13. The van der Waals surface area contributed by atoms with E-state index in [-0.39, 0.29) is 16.8 Å². The molecule has 0 radical (unpaired) electrons. The standard InChI is InChI=1S/C10H10N2O6S2/c11-8-4-9(20(16,17)18)10(12)7-3-5(19(13,14)15)1-2-6(7)8/h1-4H,11-12H2,(H,13,14,15)(H,16,17,18). The van der Waals surface area contributed by atoms with Crippen molar-refractivity contribution >= 4 is 42.4 Å². The smallest absolute Gasteiger partial charge is 0.296 e. The third-order valence-corrected chi connectivity index (χ3v) is 4.46. The van der Waals surface area contributed by atoms with E-state index in [1.54, 1.807) is 0 Å². The second kappa shape index (κ2) is 4.31. The molecule has 0 bridgehead atoms. The molecule has 0 spiro atoms. The van der Waals surface area contributed by atoms with Crippen LogP contribution in [0.3, 0.4) is 0 Å². The first kappa shape index (κ1) is 14.5. The molecule has 2 aromatic rings. The average molecular weight is 318 g/mol. The van der Waals surface area contributed by atoms with Crippen LogP contribution in [0, 0.1) is 0 Å². The van der Waals surface area contributed by atoms with Crippen LogP contribution in [-0.2, 0) is 20.2 Å². The minimum absolute atomic E-state index is 0.00671. The van der Waals surface area contributed by atoms with Crippen molar-refractivity contribution in [2.45, 2.75) is 9.79 Å². The van der Waals surface area contributed by atoms with Crippen LogP contribution in [0.4, 0.5) is 11.4 Å². The first-order chi connectivity index (χ1) is 9.01. The monoisotopic (exact) mass is 318 g/mol. The van der Waals surface area contributed by atoms with E-state index in [0.717, 1.165) is 18.2 Å². The van der Waals surface area contributed by atoms with Gasteiger partial charge in [-0.25, -0.2) is 0 Å². The van der Waals surface area contributed by atoms with Gasteiger partial charge in [0.1, 0.15) is 4.90 Å². The zero-order valence-electron chi connectivity index (χ0n) is 9.81. The lowest BCUT2D eigenvalue weighted by Crippen LogP contribution is -2.06. The molecule has 8 nitrogen and oxygen atoms in total. The van der Waals surface area contributed by atoms with E-state index in [1.807, 2.05) is 0 Å². The van der Waals surface area contributed by atoms with Gasteiger partial charge in [-0.2, -0.15) is 16.8 Å². The number of nitrogens with two attached hydrogens (primary N) is 2. The molecule has 0 aliphatic carbocycles. The topological polar surface area (TPSA) is 161 Å². The Bertz CT molecular complexity index is 918. The van der Waals surface area contributed by atoms with Gasteiger partial charge in [-0.15, -0.1) is 0 Å². The van der Waals surface area contributed by atoms with Crippen LogP contribution in [0.2, 0.25) is 0 Å². The summed E-state index contributed by atoms with van der Waals surface area (Å²) in [6, 6.07) is 4.32. The van der Waals surface area contributed by atoms with Crippen LogP contribution in [0.25, 0.3) is 10.8 Å². The van der Waals surface area contributed by atoms with Crippen LogP contribution in [-0.4, -0.2) is 25.9 Å². The normalized spacial score (nSPS) is 12.7. The highest BCUT2D eigenvalue weighted by Gasteiger charge is 2.20. The molecule has 0 aliphatic heterocycles. The summed E-state index contributed by atoms with van der Waals surface area (Å²) >= 11 is 0. The van der Waals surface area contributed by atoms with Gasteiger partial charge in [0, 0.05) is 16.5 Å². The molecule has 0 atom stereocenters. The van der Waals surface area contributed by atoms with Gasteiger partial charge in [0.15, 0.2) is 0 Å². The fourth-order valence-electron chi connectivity index (χ4n) is 1.80. The number of rotatable bonds is 2. The maximum absolute atomic E-state index is 11.2. The summed E-state index contributed by atoms with van der Waals surface area (Å²) in [7, 11) is -9.09. The maximum Gasteiger partial charge on any atom is 0.296 e. The fourth-order valence-corrected chi connectivity index (χ4v) is 2.97. The third-order valence-electron chi connectivity index (χ3n) is 2.72. The van der Waals surface area contributed by atoms with Crippen LogP contribution in [0.5, 0.6) is 0 Å². The number of fused-ring (bicyclic) bond motifs is 1. The van der Waals surface area contributed by atoms with Gasteiger partial charge in [0.2, 0.25) is 0 Å². The van der Waals surface area contributed by atoms with Crippen molar-refractivity contribution in [2.24, 2.45) is 0 Å². The zero-order valence-corrected chi connectivity index (χ0v) is 11.4. The van der Waals surface area contributed by atoms with Crippen molar-refractivity contribution in [1.29, 1.82) is 0 Å². The Balaban J connectivity index is 2.97. The molecule has 10 heteroatoms. The summed E-state index contributed by atoms with van der Waals surface area (Å²) in [5.74, 6) is 0. The fraction of sp³-hybridized carbons (Fsp3) is 0. The van der Waals surface area contributed by atoms with Crippen LogP contribution < -0.4 is 11.5 Å².